The van der Waals surface area contributed by atoms with Gasteiger partial charge in [-0.15, -0.1) is 0 Å². The molecule has 3 rings (SSSR count). The zero-order valence-corrected chi connectivity index (χ0v) is 15.1. The molecule has 3 aromatic rings. The minimum atomic E-state index is -3.88. The second-order valence-corrected chi connectivity index (χ2v) is 7.75. The predicted molar refractivity (Wildman–Crippen MR) is 95.9 cm³/mol. The number of nitrogens with zero attached hydrogens (tertiary/aromatic N) is 2. The van der Waals surface area contributed by atoms with Crippen molar-refractivity contribution < 1.29 is 22.7 Å². The molecule has 0 saturated carbocycles. The van der Waals surface area contributed by atoms with E-state index in [0.717, 1.165) is 11.7 Å². The first kappa shape index (κ1) is 18.0. The van der Waals surface area contributed by atoms with Crippen LogP contribution >= 0.6 is 11.7 Å². The molecular formula is C16H13N3O5S2. The summed E-state index contributed by atoms with van der Waals surface area (Å²) in [6.07, 6.45) is 0. The number of sulfone groups is 1. The van der Waals surface area contributed by atoms with Crippen molar-refractivity contribution >= 4 is 50.2 Å². The van der Waals surface area contributed by atoms with Crippen molar-refractivity contribution in [1.29, 1.82) is 0 Å². The van der Waals surface area contributed by atoms with Crippen molar-refractivity contribution in [2.75, 3.05) is 18.2 Å². The lowest BCUT2D eigenvalue weighted by atomic mass is 10.2. The van der Waals surface area contributed by atoms with E-state index in [2.05, 4.69) is 18.8 Å². The van der Waals surface area contributed by atoms with Crippen LogP contribution in [-0.4, -0.2) is 41.9 Å². The minimum Gasteiger partial charge on any atom is -0.465 e. The highest BCUT2D eigenvalue weighted by Crippen LogP contribution is 2.22. The van der Waals surface area contributed by atoms with Crippen LogP contribution in [-0.2, 0) is 19.4 Å². The summed E-state index contributed by atoms with van der Waals surface area (Å²) in [5, 5.41) is 2.49. The zero-order valence-electron chi connectivity index (χ0n) is 13.5. The Bertz CT molecular complexity index is 1070. The number of methoxy groups -OCH3 is 1. The van der Waals surface area contributed by atoms with Gasteiger partial charge >= 0.3 is 5.97 Å². The van der Waals surface area contributed by atoms with E-state index in [-0.39, 0.29) is 10.4 Å². The van der Waals surface area contributed by atoms with Gasteiger partial charge in [-0.2, -0.15) is 8.75 Å². The Morgan fingerprint density at radius 3 is 2.54 bits per heavy atom. The van der Waals surface area contributed by atoms with Crippen molar-refractivity contribution in [1.82, 2.24) is 8.75 Å². The van der Waals surface area contributed by atoms with Crippen LogP contribution in [0.1, 0.15) is 10.4 Å². The van der Waals surface area contributed by atoms with Crippen LogP contribution in [0.3, 0.4) is 0 Å². The number of fused-ring (bicyclic) bond motifs is 1. The van der Waals surface area contributed by atoms with Gasteiger partial charge in [0, 0.05) is 5.69 Å². The maximum atomic E-state index is 12.5. The number of hydrogen-bond acceptors (Lipinski definition) is 8. The monoisotopic (exact) mass is 391 g/mol. The molecule has 0 atom stereocenters. The number of ether oxygens (including phenoxy) is 1. The SMILES string of the molecule is COC(=O)c1ccc(NC(=O)CS(=O)(=O)c2cccc3nsnc23)cc1. The first-order valence-corrected chi connectivity index (χ1v) is 9.71. The number of amides is 1. The molecule has 0 saturated heterocycles. The minimum absolute atomic E-state index is 0.0278. The lowest BCUT2D eigenvalue weighted by molar-refractivity contribution is -0.113. The zero-order chi connectivity index (χ0) is 18.7. The van der Waals surface area contributed by atoms with Crippen molar-refractivity contribution in [2.24, 2.45) is 0 Å². The summed E-state index contributed by atoms with van der Waals surface area (Å²) < 4.78 is 37.7. The van der Waals surface area contributed by atoms with Gasteiger partial charge in [0.1, 0.15) is 16.8 Å². The summed E-state index contributed by atoms with van der Waals surface area (Å²) >= 11 is 0.907. The number of hydrogen-bond donors (Lipinski definition) is 1. The smallest absolute Gasteiger partial charge is 0.337 e. The average molecular weight is 391 g/mol. The van der Waals surface area contributed by atoms with Crippen LogP contribution in [0.25, 0.3) is 11.0 Å². The van der Waals surface area contributed by atoms with Crippen LogP contribution in [0.2, 0.25) is 0 Å². The van der Waals surface area contributed by atoms with E-state index in [1.54, 1.807) is 12.1 Å². The summed E-state index contributed by atoms with van der Waals surface area (Å²) in [7, 11) is -2.62. The molecule has 0 aliphatic carbocycles. The third kappa shape index (κ3) is 3.70. The summed E-state index contributed by atoms with van der Waals surface area (Å²) in [6.45, 7) is 0. The molecule has 1 N–H and O–H groups in total. The quantitative estimate of drug-likeness (QED) is 0.660. The molecule has 8 nitrogen and oxygen atoms in total. The van der Waals surface area contributed by atoms with Crippen molar-refractivity contribution in [3.8, 4) is 0 Å². The third-order valence-corrected chi connectivity index (χ3v) is 5.68. The number of esters is 1. The van der Waals surface area contributed by atoms with E-state index in [4.69, 9.17) is 0 Å². The van der Waals surface area contributed by atoms with E-state index in [1.807, 2.05) is 0 Å². The molecule has 0 bridgehead atoms. The van der Waals surface area contributed by atoms with Gasteiger partial charge in [-0.3, -0.25) is 4.79 Å². The second kappa shape index (κ2) is 7.18. The number of nitrogens with one attached hydrogen (secondary N) is 1. The number of carbonyl (C=O) groups is 2. The number of anilines is 1. The lowest BCUT2D eigenvalue weighted by Crippen LogP contribution is -2.23. The van der Waals surface area contributed by atoms with Crippen molar-refractivity contribution in [2.45, 2.75) is 4.90 Å². The fraction of sp³-hybridized carbons (Fsp3) is 0.125. The van der Waals surface area contributed by atoms with E-state index < -0.39 is 27.5 Å². The van der Waals surface area contributed by atoms with Crippen molar-refractivity contribution in [3.05, 3.63) is 48.0 Å². The van der Waals surface area contributed by atoms with Gasteiger partial charge in [-0.05, 0) is 36.4 Å². The molecule has 0 spiro atoms. The molecule has 0 radical (unpaired) electrons. The standard InChI is InChI=1S/C16H13N3O5S2/c1-24-16(21)10-5-7-11(8-6-10)17-14(20)9-26(22,23)13-4-2-3-12-15(13)19-25-18-12/h2-8H,9H2,1H3,(H,17,20). The van der Waals surface area contributed by atoms with Gasteiger partial charge in [0.25, 0.3) is 0 Å². The maximum absolute atomic E-state index is 12.5. The number of benzene rings is 2. The molecule has 0 aliphatic rings. The van der Waals surface area contributed by atoms with Gasteiger partial charge in [0.15, 0.2) is 9.84 Å². The summed E-state index contributed by atoms with van der Waals surface area (Å²) in [5.41, 5.74) is 1.41. The fourth-order valence-electron chi connectivity index (χ4n) is 2.29. The highest BCUT2D eigenvalue weighted by Gasteiger charge is 2.23. The molecular weight excluding hydrogens is 378 g/mol. The molecule has 1 amide bonds. The molecule has 0 aliphatic heterocycles. The van der Waals surface area contributed by atoms with Gasteiger partial charge < -0.3 is 10.1 Å². The molecule has 1 heterocycles. The largest absolute Gasteiger partial charge is 0.465 e. The Morgan fingerprint density at radius 1 is 1.12 bits per heavy atom. The Kier molecular flexibility index (Phi) is 4.96. The summed E-state index contributed by atoms with van der Waals surface area (Å²) in [5.74, 6) is -1.94. The van der Waals surface area contributed by atoms with Crippen LogP contribution in [0, 0.1) is 0 Å². The number of carbonyl (C=O) groups excluding carboxylic acids is 2. The molecule has 134 valence electrons. The molecule has 0 fully saturated rings. The van der Waals surface area contributed by atoms with Gasteiger partial charge in [-0.1, -0.05) is 6.07 Å². The van der Waals surface area contributed by atoms with E-state index >= 15 is 0 Å². The van der Waals surface area contributed by atoms with E-state index in [9.17, 15) is 18.0 Å². The molecule has 10 heteroatoms. The topological polar surface area (TPSA) is 115 Å². The molecule has 0 unspecified atom stereocenters. The van der Waals surface area contributed by atoms with Gasteiger partial charge in [0.05, 0.1) is 29.3 Å². The highest BCUT2D eigenvalue weighted by molar-refractivity contribution is 7.92. The van der Waals surface area contributed by atoms with Crippen LogP contribution in [0.4, 0.5) is 5.69 Å². The second-order valence-electron chi connectivity index (χ2n) is 5.26. The third-order valence-electron chi connectivity index (χ3n) is 3.49. The Morgan fingerprint density at radius 2 is 1.85 bits per heavy atom. The normalized spacial score (nSPS) is 11.3. The van der Waals surface area contributed by atoms with Crippen molar-refractivity contribution in [3.63, 3.8) is 0 Å². The Hall–Kier alpha value is -2.85. The maximum Gasteiger partial charge on any atom is 0.337 e. The van der Waals surface area contributed by atoms with Gasteiger partial charge in [-0.25, -0.2) is 13.2 Å². The van der Waals surface area contributed by atoms with E-state index in [0.29, 0.717) is 16.8 Å². The fourth-order valence-corrected chi connectivity index (χ4v) is 4.20. The van der Waals surface area contributed by atoms with Crippen LogP contribution in [0.15, 0.2) is 47.4 Å². The number of rotatable bonds is 5. The summed E-state index contributed by atoms with van der Waals surface area (Å²) in [4.78, 5) is 23.5. The van der Waals surface area contributed by atoms with Crippen LogP contribution in [0.5, 0.6) is 0 Å². The van der Waals surface area contributed by atoms with E-state index in [1.165, 1.54) is 37.4 Å². The molecule has 1 aromatic heterocycles. The summed E-state index contributed by atoms with van der Waals surface area (Å²) in [6, 6.07) is 10.5. The highest BCUT2D eigenvalue weighted by atomic mass is 32.2. The first-order chi connectivity index (χ1) is 12.4. The Balaban J connectivity index is 1.75. The predicted octanol–water partition coefficient (Wildman–Crippen LogP) is 1.89. The lowest BCUT2D eigenvalue weighted by Gasteiger charge is -2.07. The molecule has 26 heavy (non-hydrogen) atoms. The molecule has 2 aromatic carbocycles. The first-order valence-electron chi connectivity index (χ1n) is 7.33. The Labute approximate surface area is 153 Å². The number of aromatic nitrogens is 2. The van der Waals surface area contributed by atoms with Crippen LogP contribution < -0.4 is 5.32 Å². The van der Waals surface area contributed by atoms with Gasteiger partial charge in [0.2, 0.25) is 5.91 Å². The average Bonchev–Trinajstić information content (AvgIpc) is 3.09.